The average Bonchev–Trinajstić information content (AvgIpc) is 2.99. The van der Waals surface area contributed by atoms with Crippen molar-refractivity contribution in [3.05, 3.63) is 59.9 Å². The van der Waals surface area contributed by atoms with E-state index in [1.165, 1.54) is 0 Å². The molecule has 1 aromatic carbocycles. The molecule has 1 aliphatic rings. The summed E-state index contributed by atoms with van der Waals surface area (Å²) in [4.78, 5) is 16.3. The normalized spacial score (nSPS) is 15.5. The minimum Gasteiger partial charge on any atom is -0.350 e. The Morgan fingerprint density at radius 1 is 1.19 bits per heavy atom. The van der Waals surface area contributed by atoms with Crippen LogP contribution in [0.1, 0.15) is 11.1 Å². The summed E-state index contributed by atoms with van der Waals surface area (Å²) in [6.07, 6.45) is 5.66. The van der Waals surface area contributed by atoms with E-state index >= 15 is 0 Å². The quantitative estimate of drug-likeness (QED) is 0.694. The predicted molar refractivity (Wildman–Crippen MR) is 83.7 cm³/mol. The fraction of sp³-hybridized carbons (Fsp3) is 0.0588. The second-order valence-electron chi connectivity index (χ2n) is 5.12. The molecule has 1 amide bonds. The summed E-state index contributed by atoms with van der Waals surface area (Å²) in [5.41, 5.74) is 3.70. The molecule has 4 heteroatoms. The van der Waals surface area contributed by atoms with Gasteiger partial charge in [0, 0.05) is 41.5 Å². The van der Waals surface area contributed by atoms with Crippen LogP contribution in [0.4, 0.5) is 5.82 Å². The van der Waals surface area contributed by atoms with Gasteiger partial charge in [0.05, 0.1) is 5.57 Å². The molecule has 0 saturated heterocycles. The van der Waals surface area contributed by atoms with E-state index in [4.69, 9.17) is 0 Å². The van der Waals surface area contributed by atoms with Crippen molar-refractivity contribution in [2.24, 2.45) is 7.05 Å². The van der Waals surface area contributed by atoms with Gasteiger partial charge < -0.3 is 9.88 Å². The summed E-state index contributed by atoms with van der Waals surface area (Å²) in [5.74, 6) is 0.533. The number of aromatic nitrogens is 2. The van der Waals surface area contributed by atoms with Crippen LogP contribution in [-0.2, 0) is 11.8 Å². The third-order valence-electron chi connectivity index (χ3n) is 3.80. The van der Waals surface area contributed by atoms with Gasteiger partial charge in [-0.05, 0) is 24.3 Å². The van der Waals surface area contributed by atoms with Crippen LogP contribution >= 0.6 is 0 Å². The van der Waals surface area contributed by atoms with E-state index in [2.05, 4.69) is 27.0 Å². The summed E-state index contributed by atoms with van der Waals surface area (Å²) in [6.45, 7) is 0. The van der Waals surface area contributed by atoms with Gasteiger partial charge in [-0.25, -0.2) is 4.98 Å². The Morgan fingerprint density at radius 2 is 2.05 bits per heavy atom. The number of carbonyl (C=O) groups is 1. The summed E-state index contributed by atoms with van der Waals surface area (Å²) in [6, 6.07) is 11.9. The Morgan fingerprint density at radius 3 is 2.95 bits per heavy atom. The highest BCUT2D eigenvalue weighted by Gasteiger charge is 2.25. The van der Waals surface area contributed by atoms with E-state index in [0.717, 1.165) is 22.0 Å². The minimum atomic E-state index is -0.100. The first-order valence-corrected chi connectivity index (χ1v) is 6.76. The third-order valence-corrected chi connectivity index (χ3v) is 3.80. The van der Waals surface area contributed by atoms with Gasteiger partial charge >= 0.3 is 0 Å². The molecule has 1 aliphatic heterocycles. The van der Waals surface area contributed by atoms with E-state index in [0.29, 0.717) is 11.4 Å². The highest BCUT2D eigenvalue weighted by Crippen LogP contribution is 2.32. The first kappa shape index (κ1) is 11.9. The monoisotopic (exact) mass is 275 g/mol. The molecule has 21 heavy (non-hydrogen) atoms. The average molecular weight is 275 g/mol. The number of carbonyl (C=O) groups excluding carboxylic acids is 1. The molecule has 2 aromatic heterocycles. The van der Waals surface area contributed by atoms with E-state index in [1.807, 2.05) is 43.6 Å². The van der Waals surface area contributed by atoms with Crippen LogP contribution in [0.2, 0.25) is 0 Å². The van der Waals surface area contributed by atoms with Gasteiger partial charge in [0.25, 0.3) is 5.91 Å². The van der Waals surface area contributed by atoms with E-state index < -0.39 is 0 Å². The summed E-state index contributed by atoms with van der Waals surface area (Å²) in [5, 5.41) is 3.93. The third kappa shape index (κ3) is 1.76. The lowest BCUT2D eigenvalue weighted by molar-refractivity contribution is -0.110. The highest BCUT2D eigenvalue weighted by atomic mass is 16.2. The molecule has 0 aliphatic carbocycles. The molecule has 1 N–H and O–H groups in total. The van der Waals surface area contributed by atoms with Crippen LogP contribution in [-0.4, -0.2) is 15.5 Å². The van der Waals surface area contributed by atoms with Crippen molar-refractivity contribution in [1.29, 1.82) is 0 Å². The number of anilines is 1. The molecule has 0 spiro atoms. The number of rotatable bonds is 1. The molecule has 0 bridgehead atoms. The summed E-state index contributed by atoms with van der Waals surface area (Å²) >= 11 is 0. The van der Waals surface area contributed by atoms with Gasteiger partial charge in [-0.1, -0.05) is 18.2 Å². The molecule has 0 unspecified atom stereocenters. The number of pyridine rings is 1. The number of nitrogens with one attached hydrogen (secondary N) is 1. The number of nitrogens with zero attached hydrogens (tertiary/aromatic N) is 2. The van der Waals surface area contributed by atoms with Crippen LogP contribution in [0.5, 0.6) is 0 Å². The molecule has 0 saturated carbocycles. The molecule has 0 atom stereocenters. The standard InChI is InChI=1S/C17H13N3O/c1-20-10-11(12-5-2-3-7-15(12)20)9-14-13-6-4-8-18-16(13)19-17(14)21/h2-10H,1H3,(H,18,19,21)/b14-9-. The second-order valence-corrected chi connectivity index (χ2v) is 5.12. The van der Waals surface area contributed by atoms with Crippen LogP contribution in [0.25, 0.3) is 22.6 Å². The van der Waals surface area contributed by atoms with Crippen molar-refractivity contribution >= 4 is 34.3 Å². The largest absolute Gasteiger partial charge is 0.350 e. The Labute approximate surface area is 121 Å². The Kier molecular flexibility index (Phi) is 2.44. The number of amides is 1. The number of aryl methyl sites for hydroxylation is 1. The first-order valence-electron chi connectivity index (χ1n) is 6.76. The van der Waals surface area contributed by atoms with Crippen LogP contribution in [0.3, 0.4) is 0 Å². The Hall–Kier alpha value is -2.88. The molecule has 0 fully saturated rings. The Bertz CT molecular complexity index is 905. The molecular weight excluding hydrogens is 262 g/mol. The zero-order valence-electron chi connectivity index (χ0n) is 11.5. The SMILES string of the molecule is Cn1cc(/C=C2\C(=O)Nc3ncccc32)c2ccccc21. The van der Waals surface area contributed by atoms with Crippen molar-refractivity contribution in [2.45, 2.75) is 0 Å². The van der Waals surface area contributed by atoms with Crippen LogP contribution in [0, 0.1) is 0 Å². The smallest absolute Gasteiger partial charge is 0.257 e. The van der Waals surface area contributed by atoms with Crippen molar-refractivity contribution in [3.63, 3.8) is 0 Å². The van der Waals surface area contributed by atoms with Crippen molar-refractivity contribution < 1.29 is 4.79 Å². The molecule has 4 nitrogen and oxygen atoms in total. The summed E-state index contributed by atoms with van der Waals surface area (Å²) < 4.78 is 2.07. The maximum absolute atomic E-state index is 12.2. The van der Waals surface area contributed by atoms with Gasteiger partial charge in [-0.3, -0.25) is 4.79 Å². The fourth-order valence-corrected chi connectivity index (χ4v) is 2.81. The van der Waals surface area contributed by atoms with E-state index in [9.17, 15) is 4.79 Å². The minimum absolute atomic E-state index is 0.100. The molecule has 0 radical (unpaired) electrons. The lowest BCUT2D eigenvalue weighted by Gasteiger charge is -1.96. The predicted octanol–water partition coefficient (Wildman–Crippen LogP) is 3.07. The zero-order valence-corrected chi connectivity index (χ0v) is 11.5. The number of fused-ring (bicyclic) bond motifs is 2. The molecule has 3 heterocycles. The lowest BCUT2D eigenvalue weighted by atomic mass is 10.1. The van der Waals surface area contributed by atoms with Crippen molar-refractivity contribution in [2.75, 3.05) is 5.32 Å². The fourth-order valence-electron chi connectivity index (χ4n) is 2.81. The van der Waals surface area contributed by atoms with Gasteiger partial charge in [0.15, 0.2) is 0 Å². The van der Waals surface area contributed by atoms with E-state index in [1.54, 1.807) is 6.20 Å². The van der Waals surface area contributed by atoms with Crippen molar-refractivity contribution in [3.8, 4) is 0 Å². The topological polar surface area (TPSA) is 46.9 Å². The van der Waals surface area contributed by atoms with Gasteiger partial charge in [0.1, 0.15) is 5.82 Å². The lowest BCUT2D eigenvalue weighted by Crippen LogP contribution is -2.04. The number of benzene rings is 1. The van der Waals surface area contributed by atoms with Gasteiger partial charge in [-0.15, -0.1) is 0 Å². The number of hydrogen-bond acceptors (Lipinski definition) is 2. The number of hydrogen-bond donors (Lipinski definition) is 1. The van der Waals surface area contributed by atoms with E-state index in [-0.39, 0.29) is 5.91 Å². The van der Waals surface area contributed by atoms with Crippen molar-refractivity contribution in [1.82, 2.24) is 9.55 Å². The van der Waals surface area contributed by atoms with Gasteiger partial charge in [0.2, 0.25) is 0 Å². The Balaban J connectivity index is 1.93. The first-order chi connectivity index (χ1) is 10.2. The molecule has 4 rings (SSSR count). The maximum Gasteiger partial charge on any atom is 0.257 e. The number of para-hydroxylation sites is 1. The summed E-state index contributed by atoms with van der Waals surface area (Å²) in [7, 11) is 2.01. The molecule has 102 valence electrons. The van der Waals surface area contributed by atoms with Crippen LogP contribution in [0.15, 0.2) is 48.8 Å². The molecule has 3 aromatic rings. The van der Waals surface area contributed by atoms with Crippen LogP contribution < -0.4 is 5.32 Å². The van der Waals surface area contributed by atoms with Gasteiger partial charge in [-0.2, -0.15) is 0 Å². The zero-order chi connectivity index (χ0) is 14.4. The molecular formula is C17H13N3O. The highest BCUT2D eigenvalue weighted by molar-refractivity contribution is 6.34. The maximum atomic E-state index is 12.2. The second kappa shape index (κ2) is 4.31.